The van der Waals surface area contributed by atoms with Crippen LogP contribution in [0.25, 0.3) is 0 Å². The number of hydrogen-bond donors (Lipinski definition) is 0. The van der Waals surface area contributed by atoms with Crippen LogP contribution in [-0.2, 0) is 11.3 Å². The smallest absolute Gasteiger partial charge is 0.410 e. The van der Waals surface area contributed by atoms with Crippen molar-refractivity contribution >= 4 is 6.09 Å². The normalized spacial score (nSPS) is 23.6. The van der Waals surface area contributed by atoms with Gasteiger partial charge in [-0.05, 0) is 41.5 Å². The van der Waals surface area contributed by atoms with E-state index in [1.807, 2.05) is 27.7 Å². The van der Waals surface area contributed by atoms with Gasteiger partial charge in [0.15, 0.2) is 0 Å². The van der Waals surface area contributed by atoms with Gasteiger partial charge in [-0.25, -0.2) is 9.78 Å². The van der Waals surface area contributed by atoms with Crippen molar-refractivity contribution in [2.45, 2.75) is 65.8 Å². The van der Waals surface area contributed by atoms with Crippen molar-refractivity contribution in [2.24, 2.45) is 0 Å². The molecule has 2 unspecified atom stereocenters. The minimum absolute atomic E-state index is 0.225. The average molecular weight is 309 g/mol. The van der Waals surface area contributed by atoms with Crippen LogP contribution in [0.5, 0.6) is 0 Å². The summed E-state index contributed by atoms with van der Waals surface area (Å²) in [6, 6.07) is 0.451. The summed E-state index contributed by atoms with van der Waals surface area (Å²) in [7, 11) is 0. The molecule has 2 rings (SSSR count). The van der Waals surface area contributed by atoms with Crippen LogP contribution in [0.15, 0.2) is 10.6 Å². The second-order valence-corrected chi connectivity index (χ2v) is 7.12. The lowest BCUT2D eigenvalue weighted by Gasteiger charge is -2.43. The van der Waals surface area contributed by atoms with Crippen molar-refractivity contribution in [3.05, 3.63) is 17.8 Å². The molecule has 2 heterocycles. The molecule has 124 valence electrons. The average Bonchev–Trinajstić information content (AvgIpc) is 2.77. The van der Waals surface area contributed by atoms with E-state index >= 15 is 0 Å². The summed E-state index contributed by atoms with van der Waals surface area (Å²) in [4.78, 5) is 20.6. The Balaban J connectivity index is 1.98. The Morgan fingerprint density at radius 2 is 1.95 bits per heavy atom. The lowest BCUT2D eigenvalue weighted by Crippen LogP contribution is -2.58. The van der Waals surface area contributed by atoms with Gasteiger partial charge in [-0.3, -0.25) is 4.90 Å². The van der Waals surface area contributed by atoms with Crippen LogP contribution in [0, 0.1) is 6.92 Å². The first-order valence-corrected chi connectivity index (χ1v) is 7.80. The van der Waals surface area contributed by atoms with Gasteiger partial charge in [0.1, 0.15) is 11.4 Å². The molecule has 1 aromatic heterocycles. The second-order valence-electron chi connectivity index (χ2n) is 7.12. The maximum Gasteiger partial charge on any atom is 0.410 e. The number of carbonyl (C=O) groups is 1. The molecule has 1 fully saturated rings. The van der Waals surface area contributed by atoms with Crippen LogP contribution in [-0.4, -0.2) is 51.7 Å². The van der Waals surface area contributed by atoms with Gasteiger partial charge < -0.3 is 14.1 Å². The molecule has 0 aromatic carbocycles. The van der Waals surface area contributed by atoms with Crippen LogP contribution in [0.2, 0.25) is 0 Å². The standard InChI is InChI=1S/C16H27N3O3/c1-11-8-18(15(20)22-16(4,5)6)9-12(2)19(11)10-14-17-7-13(3)21-14/h7,11-12H,8-10H2,1-6H3. The maximum atomic E-state index is 12.2. The summed E-state index contributed by atoms with van der Waals surface area (Å²) in [6.07, 6.45) is 1.50. The quantitative estimate of drug-likeness (QED) is 0.841. The molecule has 0 bridgehead atoms. The zero-order valence-electron chi connectivity index (χ0n) is 14.4. The first-order chi connectivity index (χ1) is 10.2. The maximum absolute atomic E-state index is 12.2. The van der Waals surface area contributed by atoms with Gasteiger partial charge in [-0.1, -0.05) is 0 Å². The molecular formula is C16H27N3O3. The van der Waals surface area contributed by atoms with Crippen molar-refractivity contribution in [1.82, 2.24) is 14.8 Å². The monoisotopic (exact) mass is 309 g/mol. The highest BCUT2D eigenvalue weighted by molar-refractivity contribution is 5.68. The first kappa shape index (κ1) is 16.8. The lowest BCUT2D eigenvalue weighted by atomic mass is 10.1. The molecule has 1 saturated heterocycles. The van der Waals surface area contributed by atoms with Crippen LogP contribution in [0.4, 0.5) is 4.79 Å². The van der Waals surface area contributed by atoms with E-state index in [9.17, 15) is 4.79 Å². The van der Waals surface area contributed by atoms with Gasteiger partial charge in [0.25, 0.3) is 0 Å². The summed E-state index contributed by atoms with van der Waals surface area (Å²) in [5, 5.41) is 0. The molecule has 1 amide bonds. The van der Waals surface area contributed by atoms with E-state index in [0.29, 0.717) is 19.6 Å². The van der Waals surface area contributed by atoms with E-state index in [4.69, 9.17) is 9.15 Å². The third-order valence-electron chi connectivity index (χ3n) is 3.74. The second kappa shape index (κ2) is 6.28. The van der Waals surface area contributed by atoms with Gasteiger partial charge in [0, 0.05) is 25.2 Å². The van der Waals surface area contributed by atoms with Gasteiger partial charge >= 0.3 is 6.09 Å². The summed E-state index contributed by atoms with van der Waals surface area (Å²) in [5.41, 5.74) is -0.462. The molecule has 0 N–H and O–H groups in total. The number of carbonyl (C=O) groups excluding carboxylic acids is 1. The van der Waals surface area contributed by atoms with Gasteiger partial charge in [0.05, 0.1) is 12.7 Å². The Hall–Kier alpha value is -1.56. The van der Waals surface area contributed by atoms with Crippen LogP contribution >= 0.6 is 0 Å². The zero-order chi connectivity index (χ0) is 16.5. The molecule has 1 aliphatic heterocycles. The summed E-state index contributed by atoms with van der Waals surface area (Å²) >= 11 is 0. The van der Waals surface area contributed by atoms with E-state index < -0.39 is 5.60 Å². The fourth-order valence-electron chi connectivity index (χ4n) is 2.77. The Morgan fingerprint density at radius 1 is 1.36 bits per heavy atom. The molecule has 1 aromatic rings. The van der Waals surface area contributed by atoms with Gasteiger partial charge in [0.2, 0.25) is 5.89 Å². The number of amides is 1. The third-order valence-corrected chi connectivity index (χ3v) is 3.74. The van der Waals surface area contributed by atoms with Crippen molar-refractivity contribution < 1.29 is 13.9 Å². The molecule has 0 radical (unpaired) electrons. The molecule has 6 nitrogen and oxygen atoms in total. The summed E-state index contributed by atoms with van der Waals surface area (Å²) < 4.78 is 11.0. The topological polar surface area (TPSA) is 58.8 Å². The van der Waals surface area contributed by atoms with E-state index in [-0.39, 0.29) is 18.2 Å². The molecule has 0 saturated carbocycles. The minimum atomic E-state index is -0.462. The molecule has 2 atom stereocenters. The fourth-order valence-corrected chi connectivity index (χ4v) is 2.77. The molecule has 6 heteroatoms. The number of rotatable bonds is 2. The van der Waals surface area contributed by atoms with Crippen LogP contribution in [0.3, 0.4) is 0 Å². The number of hydrogen-bond acceptors (Lipinski definition) is 5. The number of oxazole rings is 1. The Kier molecular flexibility index (Phi) is 4.80. The van der Waals surface area contributed by atoms with E-state index in [0.717, 1.165) is 11.7 Å². The fraction of sp³-hybridized carbons (Fsp3) is 0.750. The summed E-state index contributed by atoms with van der Waals surface area (Å²) in [6.45, 7) is 13.8. The summed E-state index contributed by atoms with van der Waals surface area (Å²) in [5.74, 6) is 1.55. The largest absolute Gasteiger partial charge is 0.445 e. The van der Waals surface area contributed by atoms with E-state index in [1.54, 1.807) is 11.1 Å². The van der Waals surface area contributed by atoms with Gasteiger partial charge in [-0.2, -0.15) is 0 Å². The Bertz CT molecular complexity index is 509. The van der Waals surface area contributed by atoms with Crippen LogP contribution < -0.4 is 0 Å². The molecule has 1 aliphatic rings. The zero-order valence-corrected chi connectivity index (χ0v) is 14.4. The van der Waals surface area contributed by atoms with Crippen molar-refractivity contribution in [3.8, 4) is 0 Å². The van der Waals surface area contributed by atoms with Crippen molar-refractivity contribution in [1.29, 1.82) is 0 Å². The number of aryl methyl sites for hydroxylation is 1. The number of piperazine rings is 1. The third kappa shape index (κ3) is 4.22. The highest BCUT2D eigenvalue weighted by Crippen LogP contribution is 2.21. The molecule has 22 heavy (non-hydrogen) atoms. The van der Waals surface area contributed by atoms with Crippen molar-refractivity contribution in [2.75, 3.05) is 13.1 Å². The molecule has 0 spiro atoms. The number of ether oxygens (including phenoxy) is 1. The highest BCUT2D eigenvalue weighted by atomic mass is 16.6. The minimum Gasteiger partial charge on any atom is -0.445 e. The van der Waals surface area contributed by atoms with E-state index in [2.05, 4.69) is 23.7 Å². The predicted octanol–water partition coefficient (Wildman–Crippen LogP) is 2.81. The number of nitrogens with zero attached hydrogens (tertiary/aromatic N) is 3. The highest BCUT2D eigenvalue weighted by Gasteiger charge is 2.34. The van der Waals surface area contributed by atoms with Crippen LogP contribution in [0.1, 0.15) is 46.3 Å². The Labute approximate surface area is 132 Å². The predicted molar refractivity (Wildman–Crippen MR) is 83.5 cm³/mol. The molecule has 0 aliphatic carbocycles. The molecular weight excluding hydrogens is 282 g/mol. The van der Waals surface area contributed by atoms with E-state index in [1.165, 1.54) is 0 Å². The van der Waals surface area contributed by atoms with Gasteiger partial charge in [-0.15, -0.1) is 0 Å². The SMILES string of the molecule is Cc1cnc(CN2C(C)CN(C(=O)OC(C)(C)C)CC2C)o1. The first-order valence-electron chi connectivity index (χ1n) is 7.80. The number of aromatic nitrogens is 1. The lowest BCUT2D eigenvalue weighted by molar-refractivity contribution is -0.0116. The van der Waals surface area contributed by atoms with Crippen molar-refractivity contribution in [3.63, 3.8) is 0 Å². The Morgan fingerprint density at radius 3 is 2.41 bits per heavy atom.